The number of benzene rings is 1. The second-order valence-electron chi connectivity index (χ2n) is 3.19. The van der Waals surface area contributed by atoms with E-state index in [0.29, 0.717) is 5.56 Å². The van der Waals surface area contributed by atoms with E-state index in [4.69, 9.17) is 0 Å². The molecule has 0 aliphatic heterocycles. The second-order valence-corrected chi connectivity index (χ2v) is 4.07. The van der Waals surface area contributed by atoms with Crippen LogP contribution in [0.3, 0.4) is 0 Å². The molecule has 0 aliphatic carbocycles. The maximum Gasteiger partial charge on any atom is 0.262 e. The molecule has 1 aromatic carbocycles. The van der Waals surface area contributed by atoms with Crippen molar-refractivity contribution in [3.8, 4) is 23.8 Å². The largest absolute Gasteiger partial charge is 0.280 e. The number of aromatic nitrogens is 1. The molecule has 0 saturated heterocycles. The van der Waals surface area contributed by atoms with Crippen LogP contribution in [0.2, 0.25) is 0 Å². The molecule has 1 amide bonds. The third kappa shape index (κ3) is 3.48. The Labute approximate surface area is 109 Å². The fourth-order valence-electron chi connectivity index (χ4n) is 1.15. The van der Waals surface area contributed by atoms with Crippen molar-refractivity contribution in [2.75, 3.05) is 0 Å². The van der Waals surface area contributed by atoms with E-state index in [1.165, 1.54) is 11.3 Å². The van der Waals surface area contributed by atoms with E-state index in [1.807, 2.05) is 6.07 Å². The fourth-order valence-corrected chi connectivity index (χ4v) is 1.62. The molecule has 0 aliphatic rings. The summed E-state index contributed by atoms with van der Waals surface area (Å²) >= 11 is 1.44. The molecule has 1 aromatic heterocycles. The first-order valence-electron chi connectivity index (χ1n) is 5.11. The van der Waals surface area contributed by atoms with Crippen molar-refractivity contribution in [3.63, 3.8) is 0 Å². The van der Waals surface area contributed by atoms with Crippen LogP contribution in [0.1, 0.15) is 15.2 Å². The zero-order valence-corrected chi connectivity index (χ0v) is 10.1. The molecule has 1 N–H and O–H groups in total. The van der Waals surface area contributed by atoms with Crippen LogP contribution >= 0.6 is 11.3 Å². The molecule has 0 atom stereocenters. The highest BCUT2D eigenvalue weighted by Gasteiger charge is 2.00. The standard InChI is InChI=1S/C14H8N2OS/c17-14(12-6-2-1-3-7-12)16-9-5-4-8-13-10-15-11-18-13/h1-3,6-7,10-11H,(H,16,17). The Morgan fingerprint density at radius 2 is 2.06 bits per heavy atom. The Kier molecular flexibility index (Phi) is 4.13. The second kappa shape index (κ2) is 6.24. The lowest BCUT2D eigenvalue weighted by Gasteiger charge is -1.95. The van der Waals surface area contributed by atoms with E-state index < -0.39 is 0 Å². The predicted molar refractivity (Wildman–Crippen MR) is 70.7 cm³/mol. The van der Waals surface area contributed by atoms with Crippen molar-refractivity contribution in [1.29, 1.82) is 0 Å². The first-order valence-corrected chi connectivity index (χ1v) is 5.99. The quantitative estimate of drug-likeness (QED) is 0.622. The van der Waals surface area contributed by atoms with Crippen LogP contribution in [-0.4, -0.2) is 10.9 Å². The molecule has 0 bridgehead atoms. The normalized spacial score (nSPS) is 8.44. The fraction of sp³-hybridized carbons (Fsp3) is 0. The molecule has 2 rings (SSSR count). The van der Waals surface area contributed by atoms with E-state index in [2.05, 4.69) is 34.1 Å². The number of carbonyl (C=O) groups is 1. The van der Waals surface area contributed by atoms with Crippen LogP contribution in [-0.2, 0) is 0 Å². The van der Waals surface area contributed by atoms with E-state index in [1.54, 1.807) is 36.0 Å². The Balaban J connectivity index is 1.91. The summed E-state index contributed by atoms with van der Waals surface area (Å²) in [5.41, 5.74) is 2.27. The summed E-state index contributed by atoms with van der Waals surface area (Å²) in [6.07, 6.45) is 1.67. The lowest BCUT2D eigenvalue weighted by molar-refractivity contribution is 0.0973. The van der Waals surface area contributed by atoms with E-state index in [-0.39, 0.29) is 5.91 Å². The third-order valence-corrected chi connectivity index (χ3v) is 2.64. The summed E-state index contributed by atoms with van der Waals surface area (Å²) < 4.78 is 0. The van der Waals surface area contributed by atoms with Gasteiger partial charge in [0.05, 0.1) is 16.6 Å². The van der Waals surface area contributed by atoms with Crippen molar-refractivity contribution in [1.82, 2.24) is 10.3 Å². The van der Waals surface area contributed by atoms with Gasteiger partial charge in [-0.15, -0.1) is 11.3 Å². The van der Waals surface area contributed by atoms with Crippen molar-refractivity contribution in [2.24, 2.45) is 0 Å². The number of carbonyl (C=O) groups excluding carboxylic acids is 1. The molecule has 4 heteroatoms. The number of rotatable bonds is 1. The molecule has 0 unspecified atom stereocenters. The van der Waals surface area contributed by atoms with Gasteiger partial charge in [0.2, 0.25) is 0 Å². The molecule has 86 valence electrons. The summed E-state index contributed by atoms with van der Waals surface area (Å²) in [4.78, 5) is 16.3. The number of hydrogen-bond donors (Lipinski definition) is 1. The van der Waals surface area contributed by atoms with Gasteiger partial charge in [0.25, 0.3) is 5.91 Å². The summed E-state index contributed by atoms with van der Waals surface area (Å²) in [7, 11) is 0. The summed E-state index contributed by atoms with van der Waals surface area (Å²) in [6.45, 7) is 0. The van der Waals surface area contributed by atoms with Gasteiger partial charge in [0, 0.05) is 17.5 Å². The molecule has 0 fully saturated rings. The number of hydrogen-bond acceptors (Lipinski definition) is 3. The monoisotopic (exact) mass is 252 g/mol. The highest BCUT2D eigenvalue weighted by Crippen LogP contribution is 2.01. The highest BCUT2D eigenvalue weighted by molar-refractivity contribution is 7.10. The average Bonchev–Trinajstić information content (AvgIpc) is 2.92. The third-order valence-electron chi connectivity index (χ3n) is 1.96. The Bertz CT molecular complexity index is 640. The lowest BCUT2D eigenvalue weighted by atomic mass is 10.2. The van der Waals surface area contributed by atoms with E-state index in [9.17, 15) is 4.79 Å². The number of amides is 1. The zero-order chi connectivity index (χ0) is 12.6. The van der Waals surface area contributed by atoms with Crippen LogP contribution in [0.4, 0.5) is 0 Å². The van der Waals surface area contributed by atoms with E-state index in [0.717, 1.165) is 4.88 Å². The van der Waals surface area contributed by atoms with Gasteiger partial charge >= 0.3 is 0 Å². The molecular formula is C14H8N2OS. The van der Waals surface area contributed by atoms with Gasteiger partial charge < -0.3 is 0 Å². The molecular weight excluding hydrogens is 244 g/mol. The van der Waals surface area contributed by atoms with Crippen LogP contribution < -0.4 is 5.32 Å². The Morgan fingerprint density at radius 3 is 2.78 bits per heavy atom. The van der Waals surface area contributed by atoms with Gasteiger partial charge in [-0.2, -0.15) is 0 Å². The molecule has 1 heterocycles. The van der Waals surface area contributed by atoms with Gasteiger partial charge in [-0.25, -0.2) is 0 Å². The zero-order valence-electron chi connectivity index (χ0n) is 9.31. The van der Waals surface area contributed by atoms with Gasteiger partial charge in [-0.3, -0.25) is 15.1 Å². The maximum absolute atomic E-state index is 11.6. The summed E-state index contributed by atoms with van der Waals surface area (Å²) in [5.74, 6) is 7.78. The van der Waals surface area contributed by atoms with Crippen LogP contribution in [0.25, 0.3) is 0 Å². The number of thiazole rings is 1. The molecule has 0 spiro atoms. The number of nitrogens with zero attached hydrogens (tertiary/aromatic N) is 1. The van der Waals surface area contributed by atoms with E-state index >= 15 is 0 Å². The van der Waals surface area contributed by atoms with Crippen molar-refractivity contribution < 1.29 is 4.79 Å². The van der Waals surface area contributed by atoms with Crippen molar-refractivity contribution in [2.45, 2.75) is 0 Å². The first-order chi connectivity index (χ1) is 8.86. The minimum atomic E-state index is -0.234. The first kappa shape index (κ1) is 11.9. The maximum atomic E-state index is 11.6. The lowest BCUT2D eigenvalue weighted by Crippen LogP contribution is -2.17. The minimum absolute atomic E-state index is 0.234. The predicted octanol–water partition coefficient (Wildman–Crippen LogP) is 1.89. The van der Waals surface area contributed by atoms with Gasteiger partial charge in [-0.1, -0.05) is 18.2 Å². The highest BCUT2D eigenvalue weighted by atomic mass is 32.1. The molecule has 0 saturated carbocycles. The van der Waals surface area contributed by atoms with Gasteiger partial charge in [-0.05, 0) is 24.0 Å². The minimum Gasteiger partial charge on any atom is -0.280 e. The SMILES string of the molecule is O=C(NC#CC#Cc1cncs1)c1ccccc1. The van der Waals surface area contributed by atoms with Crippen LogP contribution in [0.15, 0.2) is 42.0 Å². The molecule has 0 radical (unpaired) electrons. The smallest absolute Gasteiger partial charge is 0.262 e. The van der Waals surface area contributed by atoms with Crippen molar-refractivity contribution >= 4 is 17.2 Å². The summed E-state index contributed by atoms with van der Waals surface area (Å²) in [6, 6.07) is 11.4. The van der Waals surface area contributed by atoms with Gasteiger partial charge in [0.15, 0.2) is 0 Å². The number of nitrogens with one attached hydrogen (secondary N) is 1. The molecule has 3 nitrogen and oxygen atoms in total. The van der Waals surface area contributed by atoms with Crippen LogP contribution in [0, 0.1) is 23.8 Å². The summed E-state index contributed by atoms with van der Waals surface area (Å²) in [5, 5.41) is 2.46. The Morgan fingerprint density at radius 1 is 1.22 bits per heavy atom. The molecule has 2 aromatic rings. The molecule has 18 heavy (non-hydrogen) atoms. The van der Waals surface area contributed by atoms with Crippen LogP contribution in [0.5, 0.6) is 0 Å². The van der Waals surface area contributed by atoms with Crippen molar-refractivity contribution in [3.05, 3.63) is 52.5 Å². The Hall–Kier alpha value is -2.56. The topological polar surface area (TPSA) is 42.0 Å². The van der Waals surface area contributed by atoms with Gasteiger partial charge in [0.1, 0.15) is 0 Å². The average molecular weight is 252 g/mol.